The average Bonchev–Trinajstić information content (AvgIpc) is 2.93. The molecule has 27 heavy (non-hydrogen) atoms. The van der Waals surface area contributed by atoms with Gasteiger partial charge in [-0.1, -0.05) is 53.0 Å². The molecule has 8 heteroatoms. The lowest BCUT2D eigenvalue weighted by molar-refractivity contribution is 0.745. The number of hydrogen-bond acceptors (Lipinski definition) is 3. The van der Waals surface area contributed by atoms with Crippen molar-refractivity contribution in [2.45, 2.75) is 13.5 Å². The third kappa shape index (κ3) is 3.23. The lowest BCUT2D eigenvalue weighted by Gasteiger charge is -2.08. The molecule has 0 N–H and O–H groups in total. The first-order valence-electron chi connectivity index (χ1n) is 8.09. The Bertz CT molecular complexity index is 1220. The number of halogens is 3. The molecule has 4 aromatic rings. The minimum atomic E-state index is -0.243. The van der Waals surface area contributed by atoms with Crippen molar-refractivity contribution in [2.75, 3.05) is 0 Å². The van der Waals surface area contributed by atoms with E-state index in [1.165, 1.54) is 10.9 Å². The molecule has 4 rings (SSSR count). The highest BCUT2D eigenvalue weighted by molar-refractivity contribution is 6.38. The molecular formula is C19H13Cl3N4O. The van der Waals surface area contributed by atoms with Gasteiger partial charge in [0.15, 0.2) is 0 Å². The Labute approximate surface area is 169 Å². The summed E-state index contributed by atoms with van der Waals surface area (Å²) in [5.41, 5.74) is 2.51. The zero-order chi connectivity index (χ0) is 19.1. The molecule has 136 valence electrons. The Kier molecular flexibility index (Phi) is 4.68. The topological polar surface area (TPSA) is 52.7 Å². The van der Waals surface area contributed by atoms with E-state index in [0.717, 1.165) is 16.9 Å². The van der Waals surface area contributed by atoms with Gasteiger partial charge in [-0.05, 0) is 31.2 Å². The molecule has 0 aliphatic rings. The van der Waals surface area contributed by atoms with E-state index in [1.807, 2.05) is 37.3 Å². The van der Waals surface area contributed by atoms with E-state index >= 15 is 0 Å². The van der Waals surface area contributed by atoms with Crippen LogP contribution in [0.15, 0.2) is 53.6 Å². The summed E-state index contributed by atoms with van der Waals surface area (Å²) in [5, 5.41) is 6.04. The number of aromatic nitrogens is 4. The number of benzene rings is 2. The van der Waals surface area contributed by atoms with Gasteiger partial charge in [-0.3, -0.25) is 9.36 Å². The van der Waals surface area contributed by atoms with E-state index in [2.05, 4.69) is 10.1 Å². The van der Waals surface area contributed by atoms with Crippen LogP contribution in [0.5, 0.6) is 0 Å². The van der Waals surface area contributed by atoms with E-state index in [0.29, 0.717) is 26.1 Å². The molecule has 0 fully saturated rings. The number of aryl methyl sites for hydroxylation is 1. The summed E-state index contributed by atoms with van der Waals surface area (Å²) in [7, 11) is 0. The molecule has 0 spiro atoms. The van der Waals surface area contributed by atoms with Gasteiger partial charge in [0.05, 0.1) is 40.2 Å². The number of nitrogens with zero attached hydrogens (tertiary/aromatic N) is 4. The molecule has 5 nitrogen and oxygen atoms in total. The van der Waals surface area contributed by atoms with E-state index < -0.39 is 0 Å². The van der Waals surface area contributed by atoms with Crippen LogP contribution in [0.2, 0.25) is 15.2 Å². The van der Waals surface area contributed by atoms with Gasteiger partial charge in [0.25, 0.3) is 5.56 Å². The van der Waals surface area contributed by atoms with Crippen LogP contribution in [0.1, 0.15) is 11.3 Å². The smallest absolute Gasteiger partial charge is 0.261 e. The van der Waals surface area contributed by atoms with E-state index in [9.17, 15) is 4.79 Å². The molecule has 0 amide bonds. The highest BCUT2D eigenvalue weighted by Gasteiger charge is 2.17. The van der Waals surface area contributed by atoms with Gasteiger partial charge in [-0.15, -0.1) is 0 Å². The van der Waals surface area contributed by atoms with Crippen LogP contribution in [0.3, 0.4) is 0 Å². The Hall–Kier alpha value is -2.34. The molecule has 0 aliphatic heterocycles. The molecule has 2 aromatic carbocycles. The summed E-state index contributed by atoms with van der Waals surface area (Å²) in [5.74, 6) is 0. The van der Waals surface area contributed by atoms with E-state index in [-0.39, 0.29) is 12.1 Å². The molecular weight excluding hydrogens is 407 g/mol. The predicted molar refractivity (Wildman–Crippen MR) is 108 cm³/mol. The van der Waals surface area contributed by atoms with Crippen LogP contribution in [0, 0.1) is 6.92 Å². The van der Waals surface area contributed by atoms with Gasteiger partial charge in [-0.2, -0.15) is 5.10 Å². The summed E-state index contributed by atoms with van der Waals surface area (Å²) in [4.78, 5) is 17.2. The van der Waals surface area contributed by atoms with Crippen LogP contribution >= 0.6 is 34.8 Å². The first-order chi connectivity index (χ1) is 13.0. The zero-order valence-electron chi connectivity index (χ0n) is 14.2. The minimum Gasteiger partial charge on any atom is -0.294 e. The summed E-state index contributed by atoms with van der Waals surface area (Å²) in [6.45, 7) is 2.09. The van der Waals surface area contributed by atoms with Gasteiger partial charge in [0.1, 0.15) is 5.15 Å². The summed E-state index contributed by atoms with van der Waals surface area (Å²) in [6.07, 6.45) is 1.46. The standard InChI is InChI=1S/C19H13Cl3N4O/c1-11-15(18(22)26(24-11)13-5-3-2-4-6-13)9-25-10-23-17-14(19(25)27)7-12(20)8-16(17)21/h2-8,10H,9H2,1H3. The van der Waals surface area contributed by atoms with Crippen molar-refractivity contribution in [1.29, 1.82) is 0 Å². The quantitative estimate of drug-likeness (QED) is 0.474. The Morgan fingerprint density at radius 2 is 1.81 bits per heavy atom. The maximum atomic E-state index is 12.9. The molecule has 0 saturated carbocycles. The monoisotopic (exact) mass is 418 g/mol. The van der Waals surface area contributed by atoms with Crippen molar-refractivity contribution in [3.63, 3.8) is 0 Å². The van der Waals surface area contributed by atoms with E-state index in [4.69, 9.17) is 34.8 Å². The van der Waals surface area contributed by atoms with Crippen molar-refractivity contribution < 1.29 is 0 Å². The van der Waals surface area contributed by atoms with Crippen molar-refractivity contribution in [2.24, 2.45) is 0 Å². The summed E-state index contributed by atoms with van der Waals surface area (Å²) >= 11 is 18.7. The fraction of sp³-hybridized carbons (Fsp3) is 0.105. The molecule has 0 bridgehead atoms. The van der Waals surface area contributed by atoms with Gasteiger partial charge in [0.2, 0.25) is 0 Å². The second-order valence-corrected chi connectivity index (χ2v) is 7.27. The molecule has 2 aromatic heterocycles. The Balaban J connectivity index is 1.81. The second-order valence-electron chi connectivity index (χ2n) is 6.06. The molecule has 0 atom stereocenters. The summed E-state index contributed by atoms with van der Waals surface area (Å²) in [6, 6.07) is 12.7. The molecule has 2 heterocycles. The third-order valence-electron chi connectivity index (χ3n) is 4.30. The van der Waals surface area contributed by atoms with Crippen LogP contribution in [0.25, 0.3) is 16.6 Å². The number of fused-ring (bicyclic) bond motifs is 1. The zero-order valence-corrected chi connectivity index (χ0v) is 16.4. The number of para-hydroxylation sites is 1. The number of hydrogen-bond donors (Lipinski definition) is 0. The van der Waals surface area contributed by atoms with Crippen LogP contribution in [0.4, 0.5) is 0 Å². The van der Waals surface area contributed by atoms with Crippen molar-refractivity contribution in [3.05, 3.63) is 85.6 Å². The Morgan fingerprint density at radius 3 is 2.56 bits per heavy atom. The average molecular weight is 420 g/mol. The minimum absolute atomic E-state index is 0.239. The van der Waals surface area contributed by atoms with Crippen molar-refractivity contribution >= 4 is 45.7 Å². The van der Waals surface area contributed by atoms with Gasteiger partial charge in [-0.25, -0.2) is 9.67 Å². The molecule has 0 aliphatic carbocycles. The highest BCUT2D eigenvalue weighted by atomic mass is 35.5. The van der Waals surface area contributed by atoms with Crippen LogP contribution < -0.4 is 5.56 Å². The highest BCUT2D eigenvalue weighted by Crippen LogP contribution is 2.26. The van der Waals surface area contributed by atoms with Crippen LogP contribution in [-0.2, 0) is 6.54 Å². The fourth-order valence-electron chi connectivity index (χ4n) is 2.93. The third-order valence-corrected chi connectivity index (χ3v) is 5.19. The second kappa shape index (κ2) is 7.00. The molecule has 0 saturated heterocycles. The van der Waals surface area contributed by atoms with Crippen molar-refractivity contribution in [1.82, 2.24) is 19.3 Å². The lowest BCUT2D eigenvalue weighted by atomic mass is 10.2. The Morgan fingerprint density at radius 1 is 1.07 bits per heavy atom. The fourth-order valence-corrected chi connectivity index (χ4v) is 3.80. The maximum absolute atomic E-state index is 12.9. The molecule has 0 radical (unpaired) electrons. The lowest BCUT2D eigenvalue weighted by Crippen LogP contribution is -2.21. The number of rotatable bonds is 3. The van der Waals surface area contributed by atoms with Crippen molar-refractivity contribution in [3.8, 4) is 5.69 Å². The SMILES string of the molecule is Cc1nn(-c2ccccc2)c(Cl)c1Cn1cnc2c(Cl)cc(Cl)cc2c1=O. The van der Waals surface area contributed by atoms with Gasteiger partial charge >= 0.3 is 0 Å². The van der Waals surface area contributed by atoms with E-state index in [1.54, 1.807) is 16.8 Å². The normalized spacial score (nSPS) is 11.3. The summed E-state index contributed by atoms with van der Waals surface area (Å²) < 4.78 is 3.12. The van der Waals surface area contributed by atoms with Gasteiger partial charge in [0, 0.05) is 10.6 Å². The molecule has 0 unspecified atom stereocenters. The predicted octanol–water partition coefficient (Wildman–Crippen LogP) is 4.90. The van der Waals surface area contributed by atoms with Gasteiger partial charge < -0.3 is 0 Å². The first-order valence-corrected chi connectivity index (χ1v) is 9.22. The maximum Gasteiger partial charge on any atom is 0.261 e. The first kappa shape index (κ1) is 18.0. The largest absolute Gasteiger partial charge is 0.294 e. The van der Waals surface area contributed by atoms with Crippen LogP contribution in [-0.4, -0.2) is 19.3 Å².